The molecule has 0 radical (unpaired) electrons. The van der Waals surface area contributed by atoms with Crippen molar-refractivity contribution in [3.05, 3.63) is 34.4 Å². The lowest BCUT2D eigenvalue weighted by Gasteiger charge is -2.22. The average Bonchev–Trinajstić information content (AvgIpc) is 3.07. The molecule has 2 aromatic rings. The van der Waals surface area contributed by atoms with Crippen molar-refractivity contribution in [1.29, 1.82) is 0 Å². The summed E-state index contributed by atoms with van der Waals surface area (Å²) in [5.74, 6) is 1.27. The molecule has 0 saturated carbocycles. The van der Waals surface area contributed by atoms with Crippen molar-refractivity contribution in [2.45, 2.75) is 58.0 Å². The van der Waals surface area contributed by atoms with E-state index >= 15 is 0 Å². The molecule has 3 heterocycles. The number of carbonyl (C=O) groups is 1. The van der Waals surface area contributed by atoms with Gasteiger partial charge in [-0.05, 0) is 57.0 Å². The SMILES string of the molecule is CCN1CCC[C@@H]1CNC(=O)COc1ccc2nc3n(c(=O)c2c1)CCCCC3. The second-order valence-electron chi connectivity index (χ2n) is 7.99. The normalized spacial score (nSPS) is 19.7. The minimum absolute atomic E-state index is 0.0114. The van der Waals surface area contributed by atoms with Crippen LogP contribution in [0.25, 0.3) is 10.9 Å². The number of hydrogen-bond acceptors (Lipinski definition) is 5. The zero-order valence-corrected chi connectivity index (χ0v) is 17.2. The smallest absolute Gasteiger partial charge is 0.261 e. The molecule has 1 saturated heterocycles. The van der Waals surface area contributed by atoms with Crippen molar-refractivity contribution < 1.29 is 9.53 Å². The number of likely N-dealkylation sites (N-methyl/N-ethyl adjacent to an activating group) is 1. The van der Waals surface area contributed by atoms with Crippen LogP contribution < -0.4 is 15.6 Å². The van der Waals surface area contributed by atoms with Crippen LogP contribution in [0.15, 0.2) is 23.0 Å². The summed E-state index contributed by atoms with van der Waals surface area (Å²) in [6, 6.07) is 5.73. The molecule has 0 bridgehead atoms. The summed E-state index contributed by atoms with van der Waals surface area (Å²) in [5.41, 5.74) is 0.684. The van der Waals surface area contributed by atoms with Crippen LogP contribution in [0.4, 0.5) is 0 Å². The molecule has 1 amide bonds. The first kappa shape index (κ1) is 19.9. The molecule has 0 spiro atoms. The van der Waals surface area contributed by atoms with Gasteiger partial charge in [-0.15, -0.1) is 0 Å². The molecular weight excluding hydrogens is 368 g/mol. The van der Waals surface area contributed by atoms with Crippen molar-refractivity contribution in [2.75, 3.05) is 26.2 Å². The summed E-state index contributed by atoms with van der Waals surface area (Å²) in [4.78, 5) is 32.2. The molecule has 1 fully saturated rings. The first-order chi connectivity index (χ1) is 14.2. The second-order valence-corrected chi connectivity index (χ2v) is 7.99. The van der Waals surface area contributed by atoms with Gasteiger partial charge < -0.3 is 10.1 Å². The van der Waals surface area contributed by atoms with Crippen LogP contribution in [-0.2, 0) is 17.8 Å². The van der Waals surface area contributed by atoms with E-state index in [1.165, 1.54) is 6.42 Å². The minimum atomic E-state index is -0.134. The molecule has 2 aliphatic heterocycles. The van der Waals surface area contributed by atoms with E-state index in [0.29, 0.717) is 29.2 Å². The number of fused-ring (bicyclic) bond motifs is 2. The predicted octanol–water partition coefficient (Wildman–Crippen LogP) is 2.10. The molecule has 156 valence electrons. The zero-order chi connectivity index (χ0) is 20.2. The largest absolute Gasteiger partial charge is 0.484 e. The number of nitrogens with zero attached hydrogens (tertiary/aromatic N) is 3. The number of nitrogens with one attached hydrogen (secondary N) is 1. The van der Waals surface area contributed by atoms with Crippen LogP contribution in [0, 0.1) is 0 Å². The molecule has 0 unspecified atom stereocenters. The number of carbonyl (C=O) groups excluding carboxylic acids is 1. The van der Waals surface area contributed by atoms with Crippen molar-refractivity contribution >= 4 is 16.8 Å². The number of likely N-dealkylation sites (tertiary alicyclic amines) is 1. The van der Waals surface area contributed by atoms with Gasteiger partial charge in [0.15, 0.2) is 6.61 Å². The average molecular weight is 399 g/mol. The lowest BCUT2D eigenvalue weighted by atomic mass is 10.2. The van der Waals surface area contributed by atoms with Gasteiger partial charge in [0.2, 0.25) is 0 Å². The van der Waals surface area contributed by atoms with Gasteiger partial charge in [-0.1, -0.05) is 13.3 Å². The number of hydrogen-bond donors (Lipinski definition) is 1. The Morgan fingerprint density at radius 3 is 3.00 bits per heavy atom. The molecule has 4 rings (SSSR count). The molecule has 2 aliphatic rings. The monoisotopic (exact) mass is 398 g/mol. The Balaban J connectivity index is 1.40. The molecular formula is C22H30N4O3. The van der Waals surface area contributed by atoms with Crippen molar-refractivity contribution in [3.63, 3.8) is 0 Å². The first-order valence-electron chi connectivity index (χ1n) is 10.8. The van der Waals surface area contributed by atoms with E-state index in [-0.39, 0.29) is 18.1 Å². The zero-order valence-electron chi connectivity index (χ0n) is 17.2. The van der Waals surface area contributed by atoms with Crippen LogP contribution in [0.5, 0.6) is 5.75 Å². The maximum Gasteiger partial charge on any atom is 0.261 e. The third-order valence-electron chi connectivity index (χ3n) is 6.10. The summed E-state index contributed by atoms with van der Waals surface area (Å²) in [6.45, 7) is 5.61. The first-order valence-corrected chi connectivity index (χ1v) is 10.8. The predicted molar refractivity (Wildman–Crippen MR) is 112 cm³/mol. The third-order valence-corrected chi connectivity index (χ3v) is 6.10. The Morgan fingerprint density at radius 2 is 2.14 bits per heavy atom. The van der Waals surface area contributed by atoms with Gasteiger partial charge in [0.05, 0.1) is 10.9 Å². The van der Waals surface area contributed by atoms with Gasteiger partial charge in [0.25, 0.3) is 11.5 Å². The summed E-state index contributed by atoms with van der Waals surface area (Å²) >= 11 is 0. The van der Waals surface area contributed by atoms with Crippen molar-refractivity contribution in [1.82, 2.24) is 19.8 Å². The van der Waals surface area contributed by atoms with Crippen LogP contribution in [0.1, 0.15) is 44.9 Å². The number of ether oxygens (including phenoxy) is 1. The third kappa shape index (κ3) is 4.45. The molecule has 29 heavy (non-hydrogen) atoms. The highest BCUT2D eigenvalue weighted by Gasteiger charge is 2.23. The van der Waals surface area contributed by atoms with E-state index in [2.05, 4.69) is 22.1 Å². The molecule has 1 N–H and O–H groups in total. The lowest BCUT2D eigenvalue weighted by Crippen LogP contribution is -2.41. The maximum atomic E-state index is 12.9. The van der Waals surface area contributed by atoms with Gasteiger partial charge in [-0.2, -0.15) is 0 Å². The van der Waals surface area contributed by atoms with E-state index < -0.39 is 0 Å². The Kier molecular flexibility index (Phi) is 6.13. The molecule has 1 aromatic carbocycles. The van der Waals surface area contributed by atoms with Crippen molar-refractivity contribution in [2.24, 2.45) is 0 Å². The van der Waals surface area contributed by atoms with Crippen LogP contribution in [0.2, 0.25) is 0 Å². The number of aromatic nitrogens is 2. The Morgan fingerprint density at radius 1 is 1.24 bits per heavy atom. The standard InChI is InChI=1S/C22H30N4O3/c1-2-25-11-6-7-16(25)14-23-21(27)15-29-17-9-10-19-18(13-17)22(28)26-12-5-3-4-8-20(26)24-19/h9-10,13,16H,2-8,11-12,14-15H2,1H3,(H,23,27)/t16-/m1/s1. The number of amides is 1. The van der Waals surface area contributed by atoms with Gasteiger partial charge >= 0.3 is 0 Å². The fraction of sp³-hybridized carbons (Fsp3) is 0.591. The second kappa shape index (κ2) is 8.95. The minimum Gasteiger partial charge on any atom is -0.484 e. The maximum absolute atomic E-state index is 12.9. The highest BCUT2D eigenvalue weighted by molar-refractivity contribution is 5.80. The fourth-order valence-corrected chi connectivity index (χ4v) is 4.46. The number of aryl methyl sites for hydroxylation is 1. The highest BCUT2D eigenvalue weighted by atomic mass is 16.5. The Hall–Kier alpha value is -2.41. The van der Waals surface area contributed by atoms with Gasteiger partial charge in [0, 0.05) is 25.6 Å². The summed E-state index contributed by atoms with van der Waals surface area (Å²) < 4.78 is 7.46. The van der Waals surface area contributed by atoms with Crippen molar-refractivity contribution in [3.8, 4) is 5.75 Å². The van der Waals surface area contributed by atoms with E-state index in [9.17, 15) is 9.59 Å². The Labute approximate surface area is 171 Å². The number of benzene rings is 1. The summed E-state index contributed by atoms with van der Waals surface area (Å²) in [5, 5.41) is 3.53. The molecule has 7 nitrogen and oxygen atoms in total. The van der Waals surface area contributed by atoms with Gasteiger partial charge in [-0.25, -0.2) is 4.98 Å². The van der Waals surface area contributed by atoms with E-state index in [4.69, 9.17) is 4.74 Å². The quantitative estimate of drug-likeness (QED) is 0.806. The molecule has 0 aliphatic carbocycles. The van der Waals surface area contributed by atoms with Crippen LogP contribution >= 0.6 is 0 Å². The Bertz CT molecular complexity index is 940. The highest BCUT2D eigenvalue weighted by Crippen LogP contribution is 2.20. The fourth-order valence-electron chi connectivity index (χ4n) is 4.46. The summed E-state index contributed by atoms with van der Waals surface area (Å²) in [6.07, 6.45) is 6.37. The van der Waals surface area contributed by atoms with E-state index in [1.807, 2.05) is 6.07 Å². The van der Waals surface area contributed by atoms with Crippen LogP contribution in [-0.4, -0.2) is 52.6 Å². The lowest BCUT2D eigenvalue weighted by molar-refractivity contribution is -0.123. The van der Waals surface area contributed by atoms with E-state index in [0.717, 1.165) is 57.6 Å². The summed E-state index contributed by atoms with van der Waals surface area (Å²) in [7, 11) is 0. The molecule has 7 heteroatoms. The van der Waals surface area contributed by atoms with Gasteiger partial charge in [-0.3, -0.25) is 19.1 Å². The van der Waals surface area contributed by atoms with Crippen LogP contribution in [0.3, 0.4) is 0 Å². The topological polar surface area (TPSA) is 76.5 Å². The number of rotatable bonds is 6. The van der Waals surface area contributed by atoms with Gasteiger partial charge in [0.1, 0.15) is 11.6 Å². The molecule has 1 atom stereocenters. The van der Waals surface area contributed by atoms with E-state index in [1.54, 1.807) is 16.7 Å². The molecule has 1 aromatic heterocycles.